The van der Waals surface area contributed by atoms with Crippen molar-refractivity contribution in [3.05, 3.63) is 12.2 Å². The molecule has 2 rings (SSSR count). The number of aryl methyl sites for hydroxylation is 1. The van der Waals surface area contributed by atoms with Crippen molar-refractivity contribution in [2.75, 3.05) is 5.75 Å². The van der Waals surface area contributed by atoms with Crippen molar-refractivity contribution in [3.8, 4) is 0 Å². The van der Waals surface area contributed by atoms with E-state index in [1.54, 1.807) is 11.7 Å². The molecule has 1 aromatic heterocycles. The topological polar surface area (TPSA) is 68.0 Å². The van der Waals surface area contributed by atoms with E-state index in [1.165, 1.54) is 18.1 Å². The average molecular weight is 227 g/mol. The van der Waals surface area contributed by atoms with Gasteiger partial charge < -0.3 is 5.11 Å². The van der Waals surface area contributed by atoms with Crippen molar-refractivity contribution in [1.29, 1.82) is 0 Å². The highest BCUT2D eigenvalue weighted by Gasteiger charge is 2.43. The second-order valence-electron chi connectivity index (χ2n) is 3.73. The summed E-state index contributed by atoms with van der Waals surface area (Å²) in [4.78, 5) is 15.4. The van der Waals surface area contributed by atoms with E-state index < -0.39 is 10.7 Å². The van der Waals surface area contributed by atoms with Gasteiger partial charge in [-0.2, -0.15) is 5.10 Å². The van der Waals surface area contributed by atoms with E-state index in [0.29, 0.717) is 6.42 Å². The maximum atomic E-state index is 11.3. The first-order chi connectivity index (χ1) is 7.14. The second kappa shape index (κ2) is 3.84. The van der Waals surface area contributed by atoms with Crippen molar-refractivity contribution >= 4 is 17.7 Å². The normalized spacial score (nSPS) is 25.7. The van der Waals surface area contributed by atoms with Crippen LogP contribution in [0.4, 0.5) is 0 Å². The van der Waals surface area contributed by atoms with Gasteiger partial charge in [-0.05, 0) is 18.6 Å². The lowest BCUT2D eigenvalue weighted by Gasteiger charge is -2.21. The lowest BCUT2D eigenvalue weighted by atomic mass is 9.99. The van der Waals surface area contributed by atoms with Crippen molar-refractivity contribution in [1.82, 2.24) is 14.8 Å². The minimum Gasteiger partial charge on any atom is -0.480 e. The van der Waals surface area contributed by atoms with Gasteiger partial charge in [0.25, 0.3) is 0 Å². The Hall–Kier alpha value is -1.04. The molecule has 0 saturated carbocycles. The van der Waals surface area contributed by atoms with Crippen LogP contribution in [0, 0.1) is 0 Å². The summed E-state index contributed by atoms with van der Waals surface area (Å²) >= 11 is 1.52. The molecule has 1 aromatic rings. The smallest absolute Gasteiger partial charge is 0.320 e. The maximum absolute atomic E-state index is 11.3. The van der Waals surface area contributed by atoms with Gasteiger partial charge in [-0.1, -0.05) is 0 Å². The van der Waals surface area contributed by atoms with Gasteiger partial charge in [-0.25, -0.2) is 4.98 Å². The SMILES string of the molecule is Cn1ncnc1CC1(C(=O)O)CCCS1. The summed E-state index contributed by atoms with van der Waals surface area (Å²) < 4.78 is 0.963. The molecular formula is C9H13N3O2S. The molecular weight excluding hydrogens is 214 g/mol. The molecule has 15 heavy (non-hydrogen) atoms. The lowest BCUT2D eigenvalue weighted by molar-refractivity contribution is -0.139. The summed E-state index contributed by atoms with van der Waals surface area (Å²) in [5, 5.41) is 13.2. The molecule has 0 radical (unpaired) electrons. The van der Waals surface area contributed by atoms with Crippen LogP contribution in [0.1, 0.15) is 18.7 Å². The van der Waals surface area contributed by atoms with Crippen LogP contribution in [0.15, 0.2) is 6.33 Å². The van der Waals surface area contributed by atoms with Gasteiger partial charge in [0, 0.05) is 13.5 Å². The molecule has 0 aromatic carbocycles. The van der Waals surface area contributed by atoms with E-state index in [4.69, 9.17) is 0 Å². The number of rotatable bonds is 3. The van der Waals surface area contributed by atoms with Crippen LogP contribution in [0.3, 0.4) is 0 Å². The Balaban J connectivity index is 2.21. The molecule has 1 atom stereocenters. The van der Waals surface area contributed by atoms with Crippen molar-refractivity contribution < 1.29 is 9.90 Å². The number of hydrogen-bond donors (Lipinski definition) is 1. The maximum Gasteiger partial charge on any atom is 0.320 e. The Morgan fingerprint density at radius 3 is 3.07 bits per heavy atom. The average Bonchev–Trinajstić information content (AvgIpc) is 2.78. The Morgan fingerprint density at radius 2 is 2.60 bits per heavy atom. The van der Waals surface area contributed by atoms with Gasteiger partial charge in [-0.15, -0.1) is 11.8 Å². The summed E-state index contributed by atoms with van der Waals surface area (Å²) in [7, 11) is 1.79. The van der Waals surface area contributed by atoms with Crippen molar-refractivity contribution in [2.45, 2.75) is 24.0 Å². The molecule has 1 aliphatic rings. The molecule has 82 valence electrons. The van der Waals surface area contributed by atoms with Gasteiger partial charge >= 0.3 is 5.97 Å². The zero-order valence-electron chi connectivity index (χ0n) is 8.51. The largest absolute Gasteiger partial charge is 0.480 e. The molecule has 0 aliphatic carbocycles. The number of aliphatic carboxylic acids is 1. The van der Waals surface area contributed by atoms with Gasteiger partial charge in [-0.3, -0.25) is 9.48 Å². The predicted molar refractivity (Wildman–Crippen MR) is 56.8 cm³/mol. The molecule has 1 fully saturated rings. The van der Waals surface area contributed by atoms with Crippen molar-refractivity contribution in [3.63, 3.8) is 0 Å². The monoisotopic (exact) mass is 227 g/mol. The lowest BCUT2D eigenvalue weighted by Crippen LogP contribution is -2.35. The zero-order valence-corrected chi connectivity index (χ0v) is 9.33. The number of thioether (sulfide) groups is 1. The number of aromatic nitrogens is 3. The van der Waals surface area contributed by atoms with Gasteiger partial charge in [0.05, 0.1) is 0 Å². The van der Waals surface area contributed by atoms with Crippen molar-refractivity contribution in [2.24, 2.45) is 7.05 Å². The Kier molecular flexibility index (Phi) is 2.68. The highest BCUT2D eigenvalue weighted by atomic mass is 32.2. The predicted octanol–water partition coefficient (Wildman–Crippen LogP) is 0.708. The van der Waals surface area contributed by atoms with Crippen LogP contribution in [0.5, 0.6) is 0 Å². The number of hydrogen-bond acceptors (Lipinski definition) is 4. The summed E-state index contributed by atoms with van der Waals surface area (Å²) in [5.41, 5.74) is 0. The number of carboxylic acids is 1. The minimum atomic E-state index is -0.729. The highest BCUT2D eigenvalue weighted by Crippen LogP contribution is 2.40. The van der Waals surface area contributed by atoms with Gasteiger partial charge in [0.15, 0.2) is 0 Å². The van der Waals surface area contributed by atoms with Gasteiger partial charge in [0.2, 0.25) is 0 Å². The van der Waals surface area contributed by atoms with Crippen LogP contribution in [-0.4, -0.2) is 36.3 Å². The summed E-state index contributed by atoms with van der Waals surface area (Å²) in [6, 6.07) is 0. The van der Waals surface area contributed by atoms with E-state index in [9.17, 15) is 9.90 Å². The van der Waals surface area contributed by atoms with E-state index >= 15 is 0 Å². The summed E-state index contributed by atoms with van der Waals surface area (Å²) in [6.07, 6.45) is 3.61. The third-order valence-electron chi connectivity index (χ3n) is 2.74. The summed E-state index contributed by atoms with van der Waals surface area (Å²) in [6.45, 7) is 0. The van der Waals surface area contributed by atoms with E-state index in [0.717, 1.165) is 24.4 Å². The Labute approximate surface area is 91.9 Å². The first kappa shape index (κ1) is 10.5. The van der Waals surface area contributed by atoms with Crippen LogP contribution in [-0.2, 0) is 18.3 Å². The summed E-state index contributed by atoms with van der Waals surface area (Å²) in [5.74, 6) is 0.934. The molecule has 0 bridgehead atoms. The van der Waals surface area contributed by atoms with E-state index in [2.05, 4.69) is 10.1 Å². The minimum absolute atomic E-state index is 0.462. The number of carbonyl (C=O) groups is 1. The zero-order chi connectivity index (χ0) is 10.9. The first-order valence-corrected chi connectivity index (χ1v) is 5.83. The number of nitrogens with zero attached hydrogens (tertiary/aromatic N) is 3. The molecule has 1 N–H and O–H groups in total. The Morgan fingerprint density at radius 1 is 1.80 bits per heavy atom. The van der Waals surface area contributed by atoms with E-state index in [1.807, 2.05) is 0 Å². The van der Waals surface area contributed by atoms with Crippen LogP contribution in [0.2, 0.25) is 0 Å². The van der Waals surface area contributed by atoms with Crippen LogP contribution in [0.25, 0.3) is 0 Å². The highest BCUT2D eigenvalue weighted by molar-refractivity contribution is 8.01. The third-order valence-corrected chi connectivity index (χ3v) is 4.31. The van der Waals surface area contributed by atoms with Gasteiger partial charge in [0.1, 0.15) is 16.9 Å². The molecule has 0 spiro atoms. The fourth-order valence-electron chi connectivity index (χ4n) is 1.82. The first-order valence-electron chi connectivity index (χ1n) is 4.84. The molecule has 2 heterocycles. The molecule has 1 aliphatic heterocycles. The molecule has 1 unspecified atom stereocenters. The quantitative estimate of drug-likeness (QED) is 0.823. The molecule has 0 amide bonds. The number of carboxylic acid groups (broad SMARTS) is 1. The van der Waals surface area contributed by atoms with Crippen LogP contribution >= 0.6 is 11.8 Å². The molecule has 5 nitrogen and oxygen atoms in total. The second-order valence-corrected chi connectivity index (χ2v) is 5.21. The fourth-order valence-corrected chi connectivity index (χ4v) is 3.14. The Bertz CT molecular complexity index is 371. The third kappa shape index (κ3) is 1.86. The molecule has 6 heteroatoms. The standard InChI is InChI=1S/C9H13N3O2S/c1-12-7(10-6-11-12)5-9(8(13)14)3-2-4-15-9/h6H,2-5H2,1H3,(H,13,14). The van der Waals surface area contributed by atoms with E-state index in [-0.39, 0.29) is 0 Å². The van der Waals surface area contributed by atoms with Crippen LogP contribution < -0.4 is 0 Å². The fraction of sp³-hybridized carbons (Fsp3) is 0.667. The molecule has 1 saturated heterocycles.